The molecule has 0 aliphatic heterocycles. The minimum absolute atomic E-state index is 0.416. The van der Waals surface area contributed by atoms with Crippen LogP contribution in [0.5, 0.6) is 0 Å². The molecule has 2 saturated carbocycles. The van der Waals surface area contributed by atoms with Gasteiger partial charge in [-0.2, -0.15) is 0 Å². The molecule has 1 aromatic rings. The van der Waals surface area contributed by atoms with Gasteiger partial charge in [-0.05, 0) is 67.7 Å². The first-order chi connectivity index (χ1) is 8.62. The predicted molar refractivity (Wildman–Crippen MR) is 77.4 cm³/mol. The molecular formula is C15H19Cl2N. The molecule has 1 N–H and O–H groups in total. The van der Waals surface area contributed by atoms with Gasteiger partial charge in [0, 0.05) is 16.6 Å². The van der Waals surface area contributed by atoms with Crippen molar-refractivity contribution in [1.82, 2.24) is 5.32 Å². The van der Waals surface area contributed by atoms with Crippen LogP contribution in [-0.2, 0) is 6.42 Å². The molecule has 0 radical (unpaired) electrons. The SMILES string of the molecule is CNCC1(Cc2ccc(Cl)cc2Cl)CC2CC2C1. The van der Waals surface area contributed by atoms with E-state index < -0.39 is 0 Å². The molecule has 3 rings (SSSR count). The van der Waals surface area contributed by atoms with Crippen LogP contribution in [0.15, 0.2) is 18.2 Å². The summed E-state index contributed by atoms with van der Waals surface area (Å²) < 4.78 is 0. The fourth-order valence-corrected chi connectivity index (χ4v) is 4.28. The lowest BCUT2D eigenvalue weighted by Crippen LogP contribution is -2.33. The standard InChI is InChI=1S/C15H19Cl2N/c1-18-9-15(7-11-4-12(11)8-15)6-10-2-3-13(16)5-14(10)17/h2-3,5,11-12,18H,4,6-9H2,1H3. The molecule has 0 amide bonds. The molecule has 2 aliphatic rings. The fraction of sp³-hybridized carbons (Fsp3) is 0.600. The maximum atomic E-state index is 6.31. The van der Waals surface area contributed by atoms with E-state index in [0.717, 1.165) is 34.8 Å². The third-order valence-electron chi connectivity index (χ3n) is 4.59. The smallest absolute Gasteiger partial charge is 0.0453 e. The summed E-state index contributed by atoms with van der Waals surface area (Å²) in [5.41, 5.74) is 1.66. The summed E-state index contributed by atoms with van der Waals surface area (Å²) in [4.78, 5) is 0. The lowest BCUT2D eigenvalue weighted by molar-refractivity contribution is 0.255. The van der Waals surface area contributed by atoms with Crippen molar-refractivity contribution in [1.29, 1.82) is 0 Å². The highest BCUT2D eigenvalue weighted by atomic mass is 35.5. The molecule has 98 valence electrons. The lowest BCUT2D eigenvalue weighted by atomic mass is 9.77. The Labute approximate surface area is 119 Å². The first-order valence-electron chi connectivity index (χ1n) is 6.70. The average Bonchev–Trinajstić information content (AvgIpc) is 2.92. The molecular weight excluding hydrogens is 265 g/mol. The van der Waals surface area contributed by atoms with E-state index in [1.54, 1.807) is 0 Å². The van der Waals surface area contributed by atoms with Gasteiger partial charge >= 0.3 is 0 Å². The van der Waals surface area contributed by atoms with Crippen LogP contribution in [-0.4, -0.2) is 13.6 Å². The quantitative estimate of drug-likeness (QED) is 0.875. The third kappa shape index (κ3) is 2.41. The van der Waals surface area contributed by atoms with Gasteiger partial charge in [0.1, 0.15) is 0 Å². The first-order valence-corrected chi connectivity index (χ1v) is 7.46. The van der Waals surface area contributed by atoms with Crippen LogP contribution in [0.1, 0.15) is 24.8 Å². The van der Waals surface area contributed by atoms with Crippen LogP contribution in [0.25, 0.3) is 0 Å². The van der Waals surface area contributed by atoms with E-state index in [0.29, 0.717) is 5.41 Å². The lowest BCUT2D eigenvalue weighted by Gasteiger charge is -2.31. The van der Waals surface area contributed by atoms with Gasteiger partial charge in [0.25, 0.3) is 0 Å². The molecule has 2 fully saturated rings. The van der Waals surface area contributed by atoms with Crippen molar-refractivity contribution in [3.8, 4) is 0 Å². The summed E-state index contributed by atoms with van der Waals surface area (Å²) in [7, 11) is 2.05. The maximum absolute atomic E-state index is 6.31. The van der Waals surface area contributed by atoms with Gasteiger partial charge in [0.05, 0.1) is 0 Å². The van der Waals surface area contributed by atoms with E-state index in [9.17, 15) is 0 Å². The Morgan fingerprint density at radius 3 is 2.61 bits per heavy atom. The molecule has 3 heteroatoms. The number of rotatable bonds is 4. The van der Waals surface area contributed by atoms with Gasteiger partial charge in [0.15, 0.2) is 0 Å². The van der Waals surface area contributed by atoms with Crippen LogP contribution in [0.3, 0.4) is 0 Å². The molecule has 0 saturated heterocycles. The van der Waals surface area contributed by atoms with Crippen molar-refractivity contribution in [3.05, 3.63) is 33.8 Å². The van der Waals surface area contributed by atoms with Gasteiger partial charge < -0.3 is 5.32 Å². The largest absolute Gasteiger partial charge is 0.319 e. The molecule has 0 spiro atoms. The second-order valence-electron chi connectivity index (χ2n) is 6.11. The molecule has 2 unspecified atom stereocenters. The van der Waals surface area contributed by atoms with Gasteiger partial charge in [-0.3, -0.25) is 0 Å². The van der Waals surface area contributed by atoms with Crippen molar-refractivity contribution in [2.45, 2.75) is 25.7 Å². The van der Waals surface area contributed by atoms with Gasteiger partial charge in [-0.1, -0.05) is 29.3 Å². The molecule has 2 atom stereocenters. The number of nitrogens with one attached hydrogen (secondary N) is 1. The zero-order chi connectivity index (χ0) is 12.8. The highest BCUT2D eigenvalue weighted by Gasteiger charge is 2.53. The second kappa shape index (κ2) is 4.70. The summed E-state index contributed by atoms with van der Waals surface area (Å²) in [6.07, 6.45) is 5.26. The Morgan fingerprint density at radius 1 is 1.28 bits per heavy atom. The zero-order valence-electron chi connectivity index (χ0n) is 10.7. The highest BCUT2D eigenvalue weighted by Crippen LogP contribution is 2.60. The van der Waals surface area contributed by atoms with Gasteiger partial charge in [-0.25, -0.2) is 0 Å². The Kier molecular flexibility index (Phi) is 3.34. The third-order valence-corrected chi connectivity index (χ3v) is 5.18. The monoisotopic (exact) mass is 283 g/mol. The normalized spacial score (nSPS) is 33.5. The summed E-state index contributed by atoms with van der Waals surface area (Å²) in [6.45, 7) is 1.10. The number of fused-ring (bicyclic) bond motifs is 1. The van der Waals surface area contributed by atoms with Crippen LogP contribution in [0.4, 0.5) is 0 Å². The molecule has 0 heterocycles. The van der Waals surface area contributed by atoms with Crippen LogP contribution in [0.2, 0.25) is 10.0 Å². The van der Waals surface area contributed by atoms with E-state index in [-0.39, 0.29) is 0 Å². The van der Waals surface area contributed by atoms with Crippen LogP contribution in [0, 0.1) is 17.3 Å². The number of halogens is 2. The van der Waals surface area contributed by atoms with E-state index >= 15 is 0 Å². The topological polar surface area (TPSA) is 12.0 Å². The van der Waals surface area contributed by atoms with E-state index in [4.69, 9.17) is 23.2 Å². The predicted octanol–water partition coefficient (Wildman–Crippen LogP) is 4.17. The summed E-state index contributed by atoms with van der Waals surface area (Å²) >= 11 is 12.3. The van der Waals surface area contributed by atoms with Crippen LogP contribution >= 0.6 is 23.2 Å². The fourth-order valence-electron chi connectivity index (χ4n) is 3.80. The molecule has 0 aromatic heterocycles. The average molecular weight is 284 g/mol. The van der Waals surface area contributed by atoms with Crippen molar-refractivity contribution >= 4 is 23.2 Å². The van der Waals surface area contributed by atoms with Gasteiger partial charge in [-0.15, -0.1) is 0 Å². The van der Waals surface area contributed by atoms with Crippen LogP contribution < -0.4 is 5.32 Å². The Balaban J connectivity index is 1.80. The first kappa shape index (κ1) is 12.8. The van der Waals surface area contributed by atoms with E-state index in [1.807, 2.05) is 12.1 Å². The second-order valence-corrected chi connectivity index (χ2v) is 6.95. The molecule has 18 heavy (non-hydrogen) atoms. The van der Waals surface area contributed by atoms with Gasteiger partial charge in [0.2, 0.25) is 0 Å². The summed E-state index contributed by atoms with van der Waals surface area (Å²) in [5.74, 6) is 1.98. The number of benzene rings is 1. The van der Waals surface area contributed by atoms with Crippen molar-refractivity contribution in [3.63, 3.8) is 0 Å². The Hall–Kier alpha value is -0.240. The highest BCUT2D eigenvalue weighted by molar-refractivity contribution is 6.35. The maximum Gasteiger partial charge on any atom is 0.0453 e. The Bertz CT molecular complexity index is 448. The Morgan fingerprint density at radius 2 is 2.00 bits per heavy atom. The van der Waals surface area contributed by atoms with E-state index in [2.05, 4.69) is 18.4 Å². The summed E-state index contributed by atoms with van der Waals surface area (Å²) in [6, 6.07) is 5.90. The molecule has 1 nitrogen and oxygen atoms in total. The van der Waals surface area contributed by atoms with Crippen molar-refractivity contribution < 1.29 is 0 Å². The minimum atomic E-state index is 0.416. The molecule has 0 bridgehead atoms. The van der Waals surface area contributed by atoms with Crippen molar-refractivity contribution in [2.24, 2.45) is 17.3 Å². The number of hydrogen-bond donors (Lipinski definition) is 1. The zero-order valence-corrected chi connectivity index (χ0v) is 12.2. The molecule has 1 aromatic carbocycles. The number of hydrogen-bond acceptors (Lipinski definition) is 1. The minimum Gasteiger partial charge on any atom is -0.319 e. The summed E-state index contributed by atoms with van der Waals surface area (Å²) in [5, 5.41) is 4.91. The van der Waals surface area contributed by atoms with E-state index in [1.165, 1.54) is 24.8 Å². The molecule has 2 aliphatic carbocycles. The van der Waals surface area contributed by atoms with Crippen molar-refractivity contribution in [2.75, 3.05) is 13.6 Å².